The Bertz CT molecular complexity index is 417. The van der Waals surface area contributed by atoms with Crippen LogP contribution in [-0.4, -0.2) is 0 Å². The van der Waals surface area contributed by atoms with E-state index in [4.69, 9.17) is 0 Å². The zero-order chi connectivity index (χ0) is 8.67. The smallest absolute Gasteiger partial charge is 0.0619 e. The van der Waals surface area contributed by atoms with E-state index in [-0.39, 0.29) is 21.1 Å². The van der Waals surface area contributed by atoms with Crippen molar-refractivity contribution in [1.29, 1.82) is 0 Å². The van der Waals surface area contributed by atoms with Crippen molar-refractivity contribution in [2.45, 2.75) is 6.42 Å². The molecule has 0 radical (unpaired) electrons. The van der Waals surface area contributed by atoms with Gasteiger partial charge < -0.3 is 0 Å². The first-order chi connectivity index (χ1) is 6.45. The Morgan fingerprint density at radius 1 is 0.643 bits per heavy atom. The Hall–Kier alpha value is -0.872. The number of benzene rings is 2. The zero-order valence-corrected chi connectivity index (χ0v) is 9.91. The molecular formula is C13H10Pt+2. The Morgan fingerprint density at radius 3 is 1.57 bits per heavy atom. The quantitative estimate of drug-likeness (QED) is 0.577. The molecule has 14 heavy (non-hydrogen) atoms. The van der Waals surface area contributed by atoms with Gasteiger partial charge in [-0.3, -0.25) is 0 Å². The summed E-state index contributed by atoms with van der Waals surface area (Å²) in [5, 5.41) is 0. The number of hydrogen-bond donors (Lipinski definition) is 0. The summed E-state index contributed by atoms with van der Waals surface area (Å²) in [5.41, 5.74) is 5.75. The fourth-order valence-corrected chi connectivity index (χ4v) is 2.08. The van der Waals surface area contributed by atoms with Crippen LogP contribution in [0.5, 0.6) is 0 Å². The van der Waals surface area contributed by atoms with Gasteiger partial charge in [-0.25, -0.2) is 0 Å². The van der Waals surface area contributed by atoms with Crippen molar-refractivity contribution in [3.8, 4) is 11.1 Å². The second-order valence-electron chi connectivity index (χ2n) is 3.49. The van der Waals surface area contributed by atoms with E-state index in [0.29, 0.717) is 0 Å². The van der Waals surface area contributed by atoms with Gasteiger partial charge in [-0.15, -0.1) is 0 Å². The average molecular weight is 361 g/mol. The maximum absolute atomic E-state index is 2.22. The summed E-state index contributed by atoms with van der Waals surface area (Å²) in [4.78, 5) is 0. The van der Waals surface area contributed by atoms with E-state index in [9.17, 15) is 0 Å². The van der Waals surface area contributed by atoms with Crippen molar-refractivity contribution in [2.75, 3.05) is 0 Å². The summed E-state index contributed by atoms with van der Waals surface area (Å²) >= 11 is 0. The fraction of sp³-hybridized carbons (Fsp3) is 0.0769. The molecule has 0 atom stereocenters. The topological polar surface area (TPSA) is 0 Å². The van der Waals surface area contributed by atoms with Crippen LogP contribution in [-0.2, 0) is 27.5 Å². The van der Waals surface area contributed by atoms with Gasteiger partial charge in [0, 0.05) is 0 Å². The van der Waals surface area contributed by atoms with Crippen LogP contribution >= 0.6 is 0 Å². The number of rotatable bonds is 0. The summed E-state index contributed by atoms with van der Waals surface area (Å²) in [6.07, 6.45) is 1.10. The first kappa shape index (κ1) is 9.67. The molecule has 0 aromatic heterocycles. The summed E-state index contributed by atoms with van der Waals surface area (Å²) in [6.45, 7) is 0. The Labute approximate surface area is 98.2 Å². The molecule has 70 valence electrons. The molecule has 0 saturated heterocycles. The van der Waals surface area contributed by atoms with E-state index in [1.807, 2.05) is 0 Å². The van der Waals surface area contributed by atoms with Crippen molar-refractivity contribution in [2.24, 2.45) is 0 Å². The van der Waals surface area contributed by atoms with Crippen LogP contribution in [0.3, 0.4) is 0 Å². The first-order valence-electron chi connectivity index (χ1n) is 4.61. The number of fused-ring (bicyclic) bond motifs is 3. The molecule has 0 fully saturated rings. The molecule has 2 aromatic rings. The molecular weight excluding hydrogens is 351 g/mol. The predicted molar refractivity (Wildman–Crippen MR) is 54.7 cm³/mol. The molecule has 3 rings (SSSR count). The van der Waals surface area contributed by atoms with Gasteiger partial charge >= 0.3 is 21.1 Å². The molecule has 0 saturated carbocycles. The Balaban J connectivity index is 0.000000750. The first-order valence-corrected chi connectivity index (χ1v) is 4.61. The minimum atomic E-state index is 0. The summed E-state index contributed by atoms with van der Waals surface area (Å²) in [7, 11) is 0. The third-order valence-corrected chi connectivity index (χ3v) is 2.71. The SMILES string of the molecule is [Pt+2].c1ccc2c(c1)Cc1ccccc1-2. The molecule has 2 aromatic carbocycles. The molecule has 1 heteroatoms. The Kier molecular flexibility index (Phi) is 2.56. The van der Waals surface area contributed by atoms with Crippen LogP contribution in [0.4, 0.5) is 0 Å². The van der Waals surface area contributed by atoms with Crippen molar-refractivity contribution < 1.29 is 21.1 Å². The zero-order valence-electron chi connectivity index (χ0n) is 7.64. The van der Waals surface area contributed by atoms with Gasteiger partial charge in [0.05, 0.1) is 0 Å². The second-order valence-corrected chi connectivity index (χ2v) is 3.49. The van der Waals surface area contributed by atoms with Crippen molar-refractivity contribution in [3.63, 3.8) is 0 Å². The molecule has 0 amide bonds. The Morgan fingerprint density at radius 2 is 1.07 bits per heavy atom. The van der Waals surface area contributed by atoms with Gasteiger partial charge in [0.25, 0.3) is 0 Å². The largest absolute Gasteiger partial charge is 2.00 e. The van der Waals surface area contributed by atoms with Crippen molar-refractivity contribution in [3.05, 3.63) is 59.7 Å². The molecule has 0 heterocycles. The van der Waals surface area contributed by atoms with Gasteiger partial charge in [0.15, 0.2) is 0 Å². The maximum atomic E-state index is 2.22. The normalized spacial score (nSPS) is 11.4. The third kappa shape index (κ3) is 1.35. The summed E-state index contributed by atoms with van der Waals surface area (Å²) in [6, 6.07) is 17.3. The minimum Gasteiger partial charge on any atom is -0.0619 e. The standard InChI is InChI=1S/C13H10.Pt/c1-3-7-12-10(5-1)9-11-6-2-4-8-13(11)12;/h1-8H,9H2;/q;+2. The van der Waals surface area contributed by atoms with E-state index in [2.05, 4.69) is 48.5 Å². The van der Waals surface area contributed by atoms with E-state index in [1.165, 1.54) is 22.3 Å². The molecule has 0 N–H and O–H groups in total. The van der Waals surface area contributed by atoms with Crippen LogP contribution in [0.25, 0.3) is 11.1 Å². The molecule has 0 bridgehead atoms. The van der Waals surface area contributed by atoms with E-state index >= 15 is 0 Å². The van der Waals surface area contributed by atoms with Gasteiger partial charge in [0.1, 0.15) is 0 Å². The van der Waals surface area contributed by atoms with E-state index in [1.54, 1.807) is 0 Å². The monoisotopic (exact) mass is 361 g/mol. The predicted octanol–water partition coefficient (Wildman–Crippen LogP) is 3.26. The summed E-state index contributed by atoms with van der Waals surface area (Å²) < 4.78 is 0. The molecule has 0 aliphatic heterocycles. The summed E-state index contributed by atoms with van der Waals surface area (Å²) in [5.74, 6) is 0. The maximum Gasteiger partial charge on any atom is 2.00 e. The molecule has 0 unspecified atom stereocenters. The fourth-order valence-electron chi connectivity index (χ4n) is 2.08. The number of hydrogen-bond acceptors (Lipinski definition) is 0. The van der Waals surface area contributed by atoms with Crippen molar-refractivity contribution >= 4 is 0 Å². The minimum absolute atomic E-state index is 0. The van der Waals surface area contributed by atoms with Gasteiger partial charge in [-0.05, 0) is 28.7 Å². The van der Waals surface area contributed by atoms with Gasteiger partial charge in [-0.1, -0.05) is 48.5 Å². The molecule has 0 nitrogen and oxygen atoms in total. The second kappa shape index (κ2) is 3.71. The molecule has 0 spiro atoms. The van der Waals surface area contributed by atoms with Crippen molar-refractivity contribution in [1.82, 2.24) is 0 Å². The van der Waals surface area contributed by atoms with Gasteiger partial charge in [-0.2, -0.15) is 0 Å². The van der Waals surface area contributed by atoms with E-state index in [0.717, 1.165) is 6.42 Å². The van der Waals surface area contributed by atoms with Gasteiger partial charge in [0.2, 0.25) is 0 Å². The van der Waals surface area contributed by atoms with Crippen LogP contribution in [0, 0.1) is 0 Å². The molecule has 1 aliphatic carbocycles. The van der Waals surface area contributed by atoms with Crippen LogP contribution in [0.2, 0.25) is 0 Å². The van der Waals surface area contributed by atoms with Crippen LogP contribution in [0.1, 0.15) is 11.1 Å². The van der Waals surface area contributed by atoms with E-state index < -0.39 is 0 Å². The van der Waals surface area contributed by atoms with Crippen LogP contribution in [0.15, 0.2) is 48.5 Å². The van der Waals surface area contributed by atoms with Crippen LogP contribution < -0.4 is 0 Å². The third-order valence-electron chi connectivity index (χ3n) is 2.71. The average Bonchev–Trinajstić information content (AvgIpc) is 2.56. The molecule has 1 aliphatic rings.